The highest BCUT2D eigenvalue weighted by Gasteiger charge is 2.60. The number of hydrogen-bond acceptors (Lipinski definition) is 4. The molecule has 1 aromatic rings. The van der Waals surface area contributed by atoms with Crippen molar-refractivity contribution in [1.29, 1.82) is 0 Å². The Morgan fingerprint density at radius 2 is 1.77 bits per heavy atom. The lowest BCUT2D eigenvalue weighted by Gasteiger charge is -2.52. The van der Waals surface area contributed by atoms with Crippen molar-refractivity contribution in [2.45, 2.75) is 51.2 Å². The van der Waals surface area contributed by atoms with Crippen LogP contribution < -0.4 is 10.8 Å². The number of amides is 2. The fourth-order valence-corrected chi connectivity index (χ4v) is 3.84. The van der Waals surface area contributed by atoms with E-state index in [1.54, 1.807) is 32.9 Å². The van der Waals surface area contributed by atoms with Gasteiger partial charge in [0.25, 0.3) is 12.0 Å². The van der Waals surface area contributed by atoms with Crippen molar-refractivity contribution in [3.63, 3.8) is 0 Å². The molecule has 0 radical (unpaired) electrons. The van der Waals surface area contributed by atoms with Crippen LogP contribution in [0, 0.1) is 0 Å². The molecule has 1 fully saturated rings. The minimum atomic E-state index is -1.30. The second-order valence-electron chi connectivity index (χ2n) is 6.82. The number of phenolic OH excluding ortho intramolecular Hbond substituents is 1. The molecular formula is C16H22N2O4. The maximum atomic E-state index is 12.1. The van der Waals surface area contributed by atoms with Crippen molar-refractivity contribution in [1.82, 2.24) is 0 Å². The summed E-state index contributed by atoms with van der Waals surface area (Å²) in [5.41, 5.74) is 5.47. The molecule has 1 heterocycles. The standard InChI is InChI=1S/C16H22N2O4/c1-16(2,3)18(15(21)22)12(8-9-13(18)14(17)20)10-4-6-11(19)7-5-10/h4-7,12-13H,8-9H2,1-3H3,(H3-,17,19,20,21,22)/t12-,13+,18?/m1/s1. The quantitative estimate of drug-likeness (QED) is 0.797. The van der Waals surface area contributed by atoms with Gasteiger partial charge in [0.2, 0.25) is 0 Å². The molecule has 0 saturated carbocycles. The first kappa shape index (κ1) is 16.3. The number of aromatic hydroxyl groups is 1. The molecule has 0 aromatic heterocycles. The summed E-state index contributed by atoms with van der Waals surface area (Å²) in [7, 11) is 0. The van der Waals surface area contributed by atoms with Crippen molar-refractivity contribution in [2.24, 2.45) is 5.73 Å². The Morgan fingerprint density at radius 3 is 2.18 bits per heavy atom. The Hall–Kier alpha value is -2.08. The van der Waals surface area contributed by atoms with Gasteiger partial charge in [0, 0.05) is 18.4 Å². The van der Waals surface area contributed by atoms with Crippen molar-refractivity contribution in [2.75, 3.05) is 0 Å². The van der Waals surface area contributed by atoms with Gasteiger partial charge in [0.05, 0.1) is 5.54 Å². The number of benzene rings is 1. The third kappa shape index (κ3) is 2.23. The van der Waals surface area contributed by atoms with E-state index in [0.717, 1.165) is 5.56 Å². The van der Waals surface area contributed by atoms with Gasteiger partial charge in [0.1, 0.15) is 11.8 Å². The van der Waals surface area contributed by atoms with E-state index in [-0.39, 0.29) is 5.75 Å². The Morgan fingerprint density at radius 1 is 1.23 bits per heavy atom. The van der Waals surface area contributed by atoms with Crippen molar-refractivity contribution in [3.05, 3.63) is 29.8 Å². The zero-order valence-electron chi connectivity index (χ0n) is 13.1. The molecule has 2 rings (SSSR count). The first-order valence-corrected chi connectivity index (χ1v) is 7.30. The molecule has 3 atom stereocenters. The van der Waals surface area contributed by atoms with Crippen LogP contribution in [0.2, 0.25) is 0 Å². The lowest BCUT2D eigenvalue weighted by atomic mass is 9.94. The minimum absolute atomic E-state index is 0.107. The SMILES string of the molecule is CC(C)(C)[N+]1(C(=O)[O-])[C@@H](c2ccc(O)cc2)CC[C@H]1C(N)=O. The topological polar surface area (TPSA) is 103 Å². The molecular weight excluding hydrogens is 284 g/mol. The molecule has 1 aliphatic rings. The minimum Gasteiger partial charge on any atom is -0.508 e. The Balaban J connectivity index is 2.64. The molecule has 120 valence electrons. The van der Waals surface area contributed by atoms with E-state index in [0.29, 0.717) is 12.8 Å². The maximum absolute atomic E-state index is 12.1. The van der Waals surface area contributed by atoms with Gasteiger partial charge in [-0.1, -0.05) is 0 Å². The first-order valence-electron chi connectivity index (χ1n) is 7.30. The Bertz CT molecular complexity index is 591. The van der Waals surface area contributed by atoms with Crippen LogP contribution in [0.4, 0.5) is 4.79 Å². The van der Waals surface area contributed by atoms with Gasteiger partial charge in [-0.15, -0.1) is 0 Å². The van der Waals surface area contributed by atoms with Crippen LogP contribution in [0.3, 0.4) is 0 Å². The second kappa shape index (κ2) is 5.28. The lowest BCUT2D eigenvalue weighted by Crippen LogP contribution is -2.72. The average molecular weight is 306 g/mol. The smallest absolute Gasteiger partial charge is 0.276 e. The number of carbonyl (C=O) groups excluding carboxylic acids is 2. The molecule has 1 aromatic carbocycles. The fourth-order valence-electron chi connectivity index (χ4n) is 3.84. The summed E-state index contributed by atoms with van der Waals surface area (Å²) in [6, 6.07) is 5.13. The first-order chi connectivity index (χ1) is 10.1. The zero-order chi connectivity index (χ0) is 16.7. The molecule has 1 saturated heterocycles. The number of hydrogen-bond donors (Lipinski definition) is 2. The third-order valence-corrected chi connectivity index (χ3v) is 4.72. The van der Waals surface area contributed by atoms with E-state index in [9.17, 15) is 19.8 Å². The summed E-state index contributed by atoms with van der Waals surface area (Å²) in [6.07, 6.45) is -0.387. The number of carbonyl (C=O) groups is 2. The van der Waals surface area contributed by atoms with Gasteiger partial charge in [-0.3, -0.25) is 9.28 Å². The van der Waals surface area contributed by atoms with Crippen LogP contribution in [-0.4, -0.2) is 33.2 Å². The van der Waals surface area contributed by atoms with Gasteiger partial charge in [-0.05, 0) is 45.0 Å². The number of quaternary nitrogens is 1. The highest BCUT2D eigenvalue weighted by molar-refractivity contribution is 5.81. The molecule has 0 spiro atoms. The molecule has 2 amide bonds. The fraction of sp³-hybridized carbons (Fsp3) is 0.500. The summed E-state index contributed by atoms with van der Waals surface area (Å²) in [5.74, 6) is -0.518. The number of nitrogens with zero attached hydrogens (tertiary/aromatic N) is 1. The van der Waals surface area contributed by atoms with E-state index < -0.39 is 34.1 Å². The van der Waals surface area contributed by atoms with Crippen LogP contribution in [-0.2, 0) is 4.79 Å². The second-order valence-corrected chi connectivity index (χ2v) is 6.82. The molecule has 0 aliphatic carbocycles. The molecule has 1 aliphatic heterocycles. The van der Waals surface area contributed by atoms with Gasteiger partial charge in [0.15, 0.2) is 6.04 Å². The Labute approximate surface area is 129 Å². The van der Waals surface area contributed by atoms with Crippen LogP contribution >= 0.6 is 0 Å². The monoisotopic (exact) mass is 306 g/mol. The lowest BCUT2D eigenvalue weighted by molar-refractivity contribution is -0.948. The zero-order valence-corrected chi connectivity index (χ0v) is 13.1. The largest absolute Gasteiger partial charge is 0.508 e. The number of rotatable bonds is 2. The summed E-state index contributed by atoms with van der Waals surface area (Å²) in [5, 5.41) is 21.6. The number of likely N-dealkylation sites (tertiary alicyclic amines) is 1. The predicted octanol–water partition coefficient (Wildman–Crippen LogP) is 1.04. The highest BCUT2D eigenvalue weighted by Crippen LogP contribution is 2.49. The summed E-state index contributed by atoms with van der Waals surface area (Å²) < 4.78 is -0.521. The highest BCUT2D eigenvalue weighted by atomic mass is 16.4. The number of primary amides is 1. The number of carboxylic acid groups (broad SMARTS) is 1. The van der Waals surface area contributed by atoms with E-state index in [4.69, 9.17) is 5.73 Å². The van der Waals surface area contributed by atoms with Gasteiger partial charge in [-0.25, -0.2) is 0 Å². The average Bonchev–Trinajstić information content (AvgIpc) is 2.80. The van der Waals surface area contributed by atoms with E-state index in [1.165, 1.54) is 12.1 Å². The van der Waals surface area contributed by atoms with Gasteiger partial charge in [-0.2, -0.15) is 0 Å². The molecule has 1 unspecified atom stereocenters. The molecule has 6 heteroatoms. The Kier molecular flexibility index (Phi) is 3.91. The van der Waals surface area contributed by atoms with Crippen molar-refractivity contribution in [3.8, 4) is 5.75 Å². The van der Waals surface area contributed by atoms with Crippen LogP contribution in [0.5, 0.6) is 5.75 Å². The van der Waals surface area contributed by atoms with Crippen LogP contribution in [0.1, 0.15) is 45.2 Å². The van der Waals surface area contributed by atoms with Gasteiger partial charge < -0.3 is 20.7 Å². The molecule has 6 nitrogen and oxygen atoms in total. The third-order valence-electron chi connectivity index (χ3n) is 4.72. The summed E-state index contributed by atoms with van der Waals surface area (Å²) >= 11 is 0. The van der Waals surface area contributed by atoms with Crippen LogP contribution in [0.25, 0.3) is 0 Å². The van der Waals surface area contributed by atoms with Crippen LogP contribution in [0.15, 0.2) is 24.3 Å². The van der Waals surface area contributed by atoms with E-state index in [2.05, 4.69) is 0 Å². The van der Waals surface area contributed by atoms with Crippen molar-refractivity contribution >= 4 is 12.0 Å². The summed E-state index contributed by atoms with van der Waals surface area (Å²) in [4.78, 5) is 24.0. The maximum Gasteiger partial charge on any atom is 0.276 e. The molecule has 0 bridgehead atoms. The van der Waals surface area contributed by atoms with Crippen molar-refractivity contribution < 1.29 is 24.3 Å². The number of nitrogens with two attached hydrogens (primary N) is 1. The van der Waals surface area contributed by atoms with Gasteiger partial charge >= 0.3 is 0 Å². The van der Waals surface area contributed by atoms with E-state index >= 15 is 0 Å². The predicted molar refractivity (Wildman–Crippen MR) is 78.5 cm³/mol. The van der Waals surface area contributed by atoms with E-state index in [1.807, 2.05) is 0 Å². The molecule has 22 heavy (non-hydrogen) atoms. The summed E-state index contributed by atoms with van der Waals surface area (Å²) in [6.45, 7) is 5.33. The molecule has 3 N–H and O–H groups in total. The number of phenols is 1. The normalized spacial score (nSPS) is 28.5.